The average Bonchev–Trinajstić information content (AvgIpc) is 2.46. The van der Waals surface area contributed by atoms with Crippen molar-refractivity contribution in [3.05, 3.63) is 59.2 Å². The van der Waals surface area contributed by atoms with E-state index in [1.165, 1.54) is 11.1 Å². The zero-order chi connectivity index (χ0) is 14.8. The number of carbonyl (C=O) groups is 1. The molecular weight excluding hydrogens is 248 g/mol. The van der Waals surface area contributed by atoms with E-state index in [1.807, 2.05) is 30.3 Å². The zero-order valence-electron chi connectivity index (χ0n) is 12.7. The Morgan fingerprint density at radius 2 is 1.90 bits per heavy atom. The topological polar surface area (TPSA) is 26.3 Å². The van der Waals surface area contributed by atoms with Crippen molar-refractivity contribution in [2.45, 2.75) is 40.0 Å². The zero-order valence-corrected chi connectivity index (χ0v) is 12.7. The van der Waals surface area contributed by atoms with Crippen molar-refractivity contribution in [1.82, 2.24) is 0 Å². The summed E-state index contributed by atoms with van der Waals surface area (Å²) in [7, 11) is 0. The second kappa shape index (κ2) is 9.13. The highest BCUT2D eigenvalue weighted by Crippen LogP contribution is 2.08. The Balaban J connectivity index is 2.25. The van der Waals surface area contributed by atoms with E-state index in [0.717, 1.165) is 18.4 Å². The quantitative estimate of drug-likeness (QED) is 0.416. The molecule has 0 saturated heterocycles. The summed E-state index contributed by atoms with van der Waals surface area (Å²) >= 11 is 0. The first-order chi connectivity index (χ1) is 9.63. The van der Waals surface area contributed by atoms with Gasteiger partial charge in [-0.2, -0.15) is 0 Å². The van der Waals surface area contributed by atoms with Crippen LogP contribution < -0.4 is 0 Å². The largest absolute Gasteiger partial charge is 0.465 e. The van der Waals surface area contributed by atoms with Gasteiger partial charge in [-0.15, -0.1) is 0 Å². The van der Waals surface area contributed by atoms with Crippen molar-refractivity contribution >= 4 is 5.97 Å². The number of hydrogen-bond acceptors (Lipinski definition) is 2. The summed E-state index contributed by atoms with van der Waals surface area (Å²) in [6, 6.07) is 9.66. The van der Waals surface area contributed by atoms with E-state index < -0.39 is 0 Å². The molecule has 0 heterocycles. The van der Waals surface area contributed by atoms with E-state index in [9.17, 15) is 4.79 Å². The van der Waals surface area contributed by atoms with Gasteiger partial charge in [-0.3, -0.25) is 4.79 Å². The molecule has 0 aliphatic carbocycles. The van der Waals surface area contributed by atoms with Crippen LogP contribution in [-0.2, 0) is 16.0 Å². The number of hydrogen-bond donors (Lipinski definition) is 0. The lowest BCUT2D eigenvalue weighted by Gasteiger charge is -2.03. The van der Waals surface area contributed by atoms with Crippen molar-refractivity contribution in [1.29, 1.82) is 0 Å². The third-order valence-electron chi connectivity index (χ3n) is 3.31. The molecular formula is C18H24O2. The molecule has 0 unspecified atom stereocenters. The van der Waals surface area contributed by atoms with Crippen molar-refractivity contribution < 1.29 is 9.53 Å². The van der Waals surface area contributed by atoms with Crippen LogP contribution in [0.15, 0.2) is 53.6 Å². The Hall–Kier alpha value is -1.83. The molecule has 0 aliphatic heterocycles. The Bertz CT molecular complexity index is 469. The molecule has 2 nitrogen and oxygen atoms in total. The van der Waals surface area contributed by atoms with Crippen LogP contribution in [0.3, 0.4) is 0 Å². The monoisotopic (exact) mass is 272 g/mol. The molecule has 0 atom stereocenters. The molecule has 0 spiro atoms. The molecule has 0 N–H and O–H groups in total. The minimum absolute atomic E-state index is 0.165. The first-order valence-electron chi connectivity index (χ1n) is 7.16. The average molecular weight is 272 g/mol. The molecule has 0 fully saturated rings. The predicted octanol–water partition coefficient (Wildman–Crippen LogP) is 4.47. The van der Waals surface area contributed by atoms with Gasteiger partial charge in [-0.05, 0) is 32.3 Å². The second-order valence-electron chi connectivity index (χ2n) is 4.89. The van der Waals surface area contributed by atoms with Gasteiger partial charge in [0.1, 0.15) is 0 Å². The van der Waals surface area contributed by atoms with Gasteiger partial charge in [0.2, 0.25) is 0 Å². The molecule has 1 rings (SSSR count). The molecule has 1 aromatic rings. The Kier molecular flexibility index (Phi) is 7.41. The summed E-state index contributed by atoms with van der Waals surface area (Å²) in [5, 5.41) is 0. The molecule has 0 aromatic heterocycles. The van der Waals surface area contributed by atoms with Gasteiger partial charge in [0.15, 0.2) is 0 Å². The third kappa shape index (κ3) is 6.37. The van der Waals surface area contributed by atoms with E-state index in [1.54, 1.807) is 0 Å². The number of ether oxygens (including phenoxy) is 1. The van der Waals surface area contributed by atoms with Crippen LogP contribution in [0.2, 0.25) is 0 Å². The highest BCUT2D eigenvalue weighted by Gasteiger charge is 2.03. The molecule has 1 aromatic carbocycles. The van der Waals surface area contributed by atoms with E-state index in [-0.39, 0.29) is 5.97 Å². The maximum atomic E-state index is 11.6. The van der Waals surface area contributed by atoms with Crippen LogP contribution in [0.4, 0.5) is 0 Å². The summed E-state index contributed by atoms with van der Waals surface area (Å²) in [6.07, 6.45) is 6.34. The minimum Gasteiger partial charge on any atom is -0.465 e. The number of esters is 1. The van der Waals surface area contributed by atoms with Crippen LogP contribution in [0.5, 0.6) is 0 Å². The highest BCUT2D eigenvalue weighted by atomic mass is 16.5. The van der Waals surface area contributed by atoms with Gasteiger partial charge in [-0.25, -0.2) is 0 Å². The van der Waals surface area contributed by atoms with Crippen LogP contribution >= 0.6 is 0 Å². The normalized spacial score (nSPS) is 12.3. The van der Waals surface area contributed by atoms with Crippen LogP contribution in [-0.4, -0.2) is 12.6 Å². The van der Waals surface area contributed by atoms with Crippen LogP contribution in [0.1, 0.15) is 39.2 Å². The molecule has 108 valence electrons. The molecule has 0 amide bonds. The maximum absolute atomic E-state index is 11.6. The van der Waals surface area contributed by atoms with E-state index in [2.05, 4.69) is 32.9 Å². The Morgan fingerprint density at radius 3 is 2.55 bits per heavy atom. The van der Waals surface area contributed by atoms with Gasteiger partial charge in [0.05, 0.1) is 13.0 Å². The van der Waals surface area contributed by atoms with Gasteiger partial charge in [-0.1, -0.05) is 60.6 Å². The van der Waals surface area contributed by atoms with Crippen molar-refractivity contribution in [2.24, 2.45) is 0 Å². The smallest absolute Gasteiger partial charge is 0.310 e. The SMILES string of the molecule is CC/C(C)=C(C)/C=C/CCOC(=O)Cc1ccccc1. The molecule has 0 radical (unpaired) electrons. The first kappa shape index (κ1) is 16.2. The lowest BCUT2D eigenvalue weighted by Crippen LogP contribution is -2.08. The molecule has 0 aliphatic rings. The van der Waals surface area contributed by atoms with Crippen molar-refractivity contribution in [2.75, 3.05) is 6.61 Å². The molecule has 20 heavy (non-hydrogen) atoms. The predicted molar refractivity (Wildman–Crippen MR) is 83.5 cm³/mol. The number of carbonyl (C=O) groups excluding carboxylic acids is 1. The number of benzene rings is 1. The van der Waals surface area contributed by atoms with Gasteiger partial charge < -0.3 is 4.74 Å². The van der Waals surface area contributed by atoms with Crippen LogP contribution in [0.25, 0.3) is 0 Å². The van der Waals surface area contributed by atoms with E-state index in [4.69, 9.17) is 4.74 Å². The third-order valence-corrected chi connectivity index (χ3v) is 3.31. The summed E-state index contributed by atoms with van der Waals surface area (Å²) in [5.74, 6) is -0.165. The maximum Gasteiger partial charge on any atom is 0.310 e. The molecule has 2 heteroatoms. The fourth-order valence-electron chi connectivity index (χ4n) is 1.74. The summed E-state index contributed by atoms with van der Waals surface area (Å²) < 4.78 is 5.21. The van der Waals surface area contributed by atoms with E-state index in [0.29, 0.717) is 13.0 Å². The van der Waals surface area contributed by atoms with Crippen molar-refractivity contribution in [3.8, 4) is 0 Å². The summed E-state index contributed by atoms with van der Waals surface area (Å²) in [4.78, 5) is 11.6. The van der Waals surface area contributed by atoms with Gasteiger partial charge in [0, 0.05) is 0 Å². The van der Waals surface area contributed by atoms with Crippen LogP contribution in [0, 0.1) is 0 Å². The number of rotatable bonds is 7. The molecule has 0 saturated carbocycles. The first-order valence-corrected chi connectivity index (χ1v) is 7.16. The van der Waals surface area contributed by atoms with Crippen molar-refractivity contribution in [3.63, 3.8) is 0 Å². The minimum atomic E-state index is -0.165. The fourth-order valence-corrected chi connectivity index (χ4v) is 1.74. The fraction of sp³-hybridized carbons (Fsp3) is 0.389. The highest BCUT2D eigenvalue weighted by molar-refractivity contribution is 5.72. The Labute approximate surface area is 122 Å². The molecule has 0 bridgehead atoms. The van der Waals surface area contributed by atoms with Gasteiger partial charge >= 0.3 is 5.97 Å². The van der Waals surface area contributed by atoms with E-state index >= 15 is 0 Å². The Morgan fingerprint density at radius 1 is 1.20 bits per heavy atom. The summed E-state index contributed by atoms with van der Waals surface area (Å²) in [6.45, 7) is 6.84. The van der Waals surface area contributed by atoms with Gasteiger partial charge in [0.25, 0.3) is 0 Å². The second-order valence-corrected chi connectivity index (χ2v) is 4.89. The number of allylic oxidation sites excluding steroid dienone is 3. The lowest BCUT2D eigenvalue weighted by atomic mass is 10.1. The lowest BCUT2D eigenvalue weighted by molar-refractivity contribution is -0.142. The standard InChI is InChI=1S/C18H24O2/c1-4-15(2)16(3)10-8-9-13-20-18(19)14-17-11-6-5-7-12-17/h5-8,10-12H,4,9,13-14H2,1-3H3/b10-8+,16-15+. The summed E-state index contributed by atoms with van der Waals surface area (Å²) in [5.41, 5.74) is 3.68.